The molecule has 0 saturated carbocycles. The topological polar surface area (TPSA) is 94.5 Å². The summed E-state index contributed by atoms with van der Waals surface area (Å²) in [5, 5.41) is 0. The Balaban J connectivity index is 2.23. The SMILES string of the molecule is CC(=O)c1c2c(n3cccc(N)c13)C(=O)c1cccnc1C2=O. The minimum absolute atomic E-state index is 0.0713. The molecule has 3 heterocycles. The van der Waals surface area contributed by atoms with Gasteiger partial charge in [0.25, 0.3) is 0 Å². The highest BCUT2D eigenvalue weighted by molar-refractivity contribution is 6.31. The second kappa shape index (κ2) is 4.36. The third-order valence-corrected chi connectivity index (χ3v) is 4.05. The van der Waals surface area contributed by atoms with Gasteiger partial charge in [0.05, 0.1) is 27.9 Å². The molecule has 3 aromatic heterocycles. The summed E-state index contributed by atoms with van der Waals surface area (Å²) in [4.78, 5) is 41.9. The van der Waals surface area contributed by atoms with E-state index in [2.05, 4.69) is 4.98 Å². The molecule has 0 atom stereocenters. The number of carbonyl (C=O) groups excluding carboxylic acids is 3. The molecular formula is C17H11N3O3. The number of nitrogens with zero attached hydrogens (tertiary/aromatic N) is 2. The van der Waals surface area contributed by atoms with Crippen LogP contribution in [0, 0.1) is 0 Å². The number of hydrogen-bond acceptors (Lipinski definition) is 5. The van der Waals surface area contributed by atoms with Crippen molar-refractivity contribution in [2.24, 2.45) is 0 Å². The Morgan fingerprint density at radius 2 is 1.96 bits per heavy atom. The molecule has 0 aromatic carbocycles. The molecule has 4 rings (SSSR count). The second-order valence-corrected chi connectivity index (χ2v) is 5.39. The molecule has 0 unspecified atom stereocenters. The first-order valence-electron chi connectivity index (χ1n) is 7.00. The van der Waals surface area contributed by atoms with Crippen molar-refractivity contribution < 1.29 is 14.4 Å². The van der Waals surface area contributed by atoms with Crippen LogP contribution in [0.5, 0.6) is 0 Å². The minimum atomic E-state index is -0.427. The lowest BCUT2D eigenvalue weighted by Crippen LogP contribution is -2.23. The van der Waals surface area contributed by atoms with Crippen LogP contribution >= 0.6 is 0 Å². The van der Waals surface area contributed by atoms with Crippen molar-refractivity contribution >= 4 is 28.6 Å². The summed E-state index contributed by atoms with van der Waals surface area (Å²) >= 11 is 0. The van der Waals surface area contributed by atoms with Gasteiger partial charge in [0, 0.05) is 12.4 Å². The van der Waals surface area contributed by atoms with E-state index in [1.165, 1.54) is 17.5 Å². The van der Waals surface area contributed by atoms with Crippen LogP contribution in [0.15, 0.2) is 36.7 Å². The van der Waals surface area contributed by atoms with Crippen LogP contribution in [-0.2, 0) is 0 Å². The van der Waals surface area contributed by atoms with Crippen molar-refractivity contribution in [3.05, 3.63) is 64.7 Å². The number of Topliss-reactive ketones (excluding diaryl/α,β-unsaturated/α-hetero) is 1. The van der Waals surface area contributed by atoms with Gasteiger partial charge in [0.2, 0.25) is 11.6 Å². The Kier molecular flexibility index (Phi) is 2.54. The number of carbonyl (C=O) groups is 3. The molecule has 1 aliphatic carbocycles. The van der Waals surface area contributed by atoms with Crippen molar-refractivity contribution in [3.8, 4) is 0 Å². The van der Waals surface area contributed by atoms with Crippen LogP contribution in [0.3, 0.4) is 0 Å². The number of fused-ring (bicyclic) bond motifs is 4. The van der Waals surface area contributed by atoms with Crippen molar-refractivity contribution in [2.45, 2.75) is 6.92 Å². The van der Waals surface area contributed by atoms with E-state index in [9.17, 15) is 14.4 Å². The van der Waals surface area contributed by atoms with Gasteiger partial charge in [-0.3, -0.25) is 19.4 Å². The van der Waals surface area contributed by atoms with E-state index in [1.807, 2.05) is 0 Å². The van der Waals surface area contributed by atoms with Crippen LogP contribution < -0.4 is 5.73 Å². The molecule has 0 bridgehead atoms. The van der Waals surface area contributed by atoms with Gasteiger partial charge >= 0.3 is 0 Å². The highest BCUT2D eigenvalue weighted by Crippen LogP contribution is 2.35. The van der Waals surface area contributed by atoms with E-state index in [-0.39, 0.29) is 39.6 Å². The number of nitrogen functional groups attached to an aromatic ring is 1. The van der Waals surface area contributed by atoms with Gasteiger partial charge < -0.3 is 10.1 Å². The molecule has 0 saturated heterocycles. The predicted molar refractivity (Wildman–Crippen MR) is 82.9 cm³/mol. The number of anilines is 1. The number of nitrogens with two attached hydrogens (primary N) is 1. The van der Waals surface area contributed by atoms with Crippen molar-refractivity contribution in [3.63, 3.8) is 0 Å². The normalized spacial score (nSPS) is 13.1. The van der Waals surface area contributed by atoms with E-state index in [4.69, 9.17) is 5.73 Å². The Labute approximate surface area is 130 Å². The van der Waals surface area contributed by atoms with Crippen molar-refractivity contribution in [2.75, 3.05) is 5.73 Å². The standard InChI is InChI=1S/C17H11N3O3/c1-8(21)11-12-15(20-7-3-5-10(18)14(11)20)16(22)9-4-2-6-19-13(9)17(12)23/h2-7H,18H2,1H3. The van der Waals surface area contributed by atoms with Gasteiger partial charge in [-0.05, 0) is 31.2 Å². The molecule has 1 aliphatic rings. The van der Waals surface area contributed by atoms with E-state index in [1.54, 1.807) is 30.5 Å². The van der Waals surface area contributed by atoms with Gasteiger partial charge in [-0.25, -0.2) is 0 Å². The van der Waals surface area contributed by atoms with E-state index < -0.39 is 5.78 Å². The molecule has 112 valence electrons. The number of pyridine rings is 2. The van der Waals surface area contributed by atoms with Gasteiger partial charge in [-0.2, -0.15) is 0 Å². The smallest absolute Gasteiger partial charge is 0.215 e. The summed E-state index contributed by atoms with van der Waals surface area (Å²) in [7, 11) is 0. The second-order valence-electron chi connectivity index (χ2n) is 5.39. The highest BCUT2D eigenvalue weighted by atomic mass is 16.1. The summed E-state index contributed by atoms with van der Waals surface area (Å²) in [6.45, 7) is 1.35. The molecule has 23 heavy (non-hydrogen) atoms. The van der Waals surface area contributed by atoms with Crippen LogP contribution in [0.4, 0.5) is 5.69 Å². The summed E-state index contributed by atoms with van der Waals surface area (Å²) in [5.74, 6) is -1.08. The summed E-state index contributed by atoms with van der Waals surface area (Å²) in [6.07, 6.45) is 3.08. The van der Waals surface area contributed by atoms with Crippen LogP contribution in [0.2, 0.25) is 0 Å². The molecule has 6 heteroatoms. The molecule has 0 fully saturated rings. The maximum atomic E-state index is 12.8. The van der Waals surface area contributed by atoms with Gasteiger partial charge in [-0.1, -0.05) is 0 Å². The monoisotopic (exact) mass is 305 g/mol. The molecule has 0 radical (unpaired) electrons. The fourth-order valence-corrected chi connectivity index (χ4v) is 3.14. The number of aromatic nitrogens is 2. The lowest BCUT2D eigenvalue weighted by Gasteiger charge is -2.14. The Morgan fingerprint density at radius 3 is 2.70 bits per heavy atom. The number of rotatable bonds is 1. The number of ketones is 3. The summed E-state index contributed by atoms with van der Waals surface area (Å²) in [6, 6.07) is 6.46. The highest BCUT2D eigenvalue weighted by Gasteiger charge is 2.38. The summed E-state index contributed by atoms with van der Waals surface area (Å²) < 4.78 is 1.53. The fraction of sp³-hybridized carbons (Fsp3) is 0.0588. The molecule has 3 aromatic rings. The molecule has 0 spiro atoms. The quantitative estimate of drug-likeness (QED) is 0.542. The Morgan fingerprint density at radius 1 is 1.17 bits per heavy atom. The largest absolute Gasteiger partial charge is 0.397 e. The van der Waals surface area contributed by atoms with Crippen LogP contribution in [0.25, 0.3) is 5.52 Å². The third kappa shape index (κ3) is 1.57. The first kappa shape index (κ1) is 13.4. The van der Waals surface area contributed by atoms with Crippen molar-refractivity contribution in [1.82, 2.24) is 9.38 Å². The van der Waals surface area contributed by atoms with E-state index >= 15 is 0 Å². The zero-order chi connectivity index (χ0) is 16.3. The molecule has 0 amide bonds. The first-order valence-corrected chi connectivity index (χ1v) is 7.00. The zero-order valence-corrected chi connectivity index (χ0v) is 12.2. The molecule has 6 nitrogen and oxygen atoms in total. The van der Waals surface area contributed by atoms with Crippen molar-refractivity contribution in [1.29, 1.82) is 0 Å². The average Bonchev–Trinajstić information content (AvgIpc) is 2.90. The fourth-order valence-electron chi connectivity index (χ4n) is 3.14. The third-order valence-electron chi connectivity index (χ3n) is 4.05. The molecule has 2 N–H and O–H groups in total. The number of hydrogen-bond donors (Lipinski definition) is 1. The zero-order valence-electron chi connectivity index (χ0n) is 12.2. The van der Waals surface area contributed by atoms with Crippen LogP contribution in [0.1, 0.15) is 49.4 Å². The lowest BCUT2D eigenvalue weighted by atomic mass is 9.89. The van der Waals surface area contributed by atoms with E-state index in [0.29, 0.717) is 11.2 Å². The molecule has 0 aliphatic heterocycles. The van der Waals surface area contributed by atoms with Gasteiger partial charge in [-0.15, -0.1) is 0 Å². The van der Waals surface area contributed by atoms with Crippen LogP contribution in [-0.4, -0.2) is 26.7 Å². The Hall–Kier alpha value is -3.28. The Bertz CT molecular complexity index is 1050. The summed E-state index contributed by atoms with van der Waals surface area (Å²) in [5.41, 5.74) is 7.46. The van der Waals surface area contributed by atoms with Gasteiger partial charge in [0.15, 0.2) is 5.78 Å². The van der Waals surface area contributed by atoms with E-state index in [0.717, 1.165) is 0 Å². The predicted octanol–water partition coefficient (Wildman–Crippen LogP) is 1.89. The maximum absolute atomic E-state index is 12.8. The average molecular weight is 305 g/mol. The molecular weight excluding hydrogens is 294 g/mol. The first-order chi connectivity index (χ1) is 11.0. The lowest BCUT2D eigenvalue weighted by molar-refractivity contribution is 0.0964. The minimum Gasteiger partial charge on any atom is -0.397 e. The van der Waals surface area contributed by atoms with Gasteiger partial charge in [0.1, 0.15) is 11.4 Å². The maximum Gasteiger partial charge on any atom is 0.215 e.